The molecule has 0 rings (SSSR count). The van der Waals surface area contributed by atoms with Crippen molar-refractivity contribution in [3.8, 4) is 0 Å². The van der Waals surface area contributed by atoms with Gasteiger partial charge in [0, 0.05) is 0 Å². The zero-order valence-corrected chi connectivity index (χ0v) is 17.4. The molecule has 1 atom stereocenters. The van der Waals surface area contributed by atoms with Crippen molar-refractivity contribution in [3.63, 3.8) is 0 Å². The second-order valence-corrected chi connectivity index (χ2v) is 6.31. The SMILES string of the molecule is CC.CCCCCCC/C(C)=C/C(=O)CC(=N)OC(CCCC)C(=O)O. The fourth-order valence-corrected chi connectivity index (χ4v) is 2.40. The Labute approximate surface area is 159 Å². The number of ether oxygens (including phenoxy) is 1. The molecule has 0 saturated heterocycles. The second kappa shape index (κ2) is 18.2. The molecule has 152 valence electrons. The monoisotopic (exact) mass is 369 g/mol. The largest absolute Gasteiger partial charge is 0.479 e. The lowest BCUT2D eigenvalue weighted by atomic mass is 10.1. The molecule has 0 bridgehead atoms. The van der Waals surface area contributed by atoms with Gasteiger partial charge in [0.2, 0.25) is 0 Å². The van der Waals surface area contributed by atoms with Crippen LogP contribution in [0.2, 0.25) is 0 Å². The number of carbonyl (C=O) groups excluding carboxylic acids is 1. The normalized spacial score (nSPS) is 12.0. The van der Waals surface area contributed by atoms with Crippen molar-refractivity contribution in [2.45, 2.75) is 105 Å². The van der Waals surface area contributed by atoms with Gasteiger partial charge in [0.25, 0.3) is 0 Å². The van der Waals surface area contributed by atoms with Crippen LogP contribution in [0.3, 0.4) is 0 Å². The van der Waals surface area contributed by atoms with Crippen LogP contribution in [0.25, 0.3) is 0 Å². The number of nitrogens with one attached hydrogen (secondary N) is 1. The fourth-order valence-electron chi connectivity index (χ4n) is 2.40. The highest BCUT2D eigenvalue weighted by atomic mass is 16.5. The molecule has 2 N–H and O–H groups in total. The molecular formula is C21H39NO4. The van der Waals surface area contributed by atoms with Gasteiger partial charge in [0.1, 0.15) is 0 Å². The van der Waals surface area contributed by atoms with E-state index in [0.29, 0.717) is 6.42 Å². The molecule has 0 aliphatic rings. The number of hydrogen-bond acceptors (Lipinski definition) is 4. The van der Waals surface area contributed by atoms with Crippen molar-refractivity contribution in [1.29, 1.82) is 5.41 Å². The molecule has 5 heteroatoms. The number of aliphatic carboxylic acids is 1. The standard InChI is InChI=1S/C19H33NO4.C2H6/c1-4-6-8-9-10-11-15(3)13-16(21)14-18(20)24-17(19(22)23)12-7-5-2;1-2/h13,17,20H,4-12,14H2,1-3H3,(H,22,23);1-2H3/b15-13+,20-18?;. The highest BCUT2D eigenvalue weighted by molar-refractivity contribution is 6.03. The smallest absolute Gasteiger partial charge is 0.344 e. The van der Waals surface area contributed by atoms with Gasteiger partial charge in [-0.3, -0.25) is 10.2 Å². The van der Waals surface area contributed by atoms with Gasteiger partial charge in [0.05, 0.1) is 6.42 Å². The van der Waals surface area contributed by atoms with Gasteiger partial charge in [-0.1, -0.05) is 65.4 Å². The predicted octanol–water partition coefficient (Wildman–Crippen LogP) is 5.92. The first-order valence-electron chi connectivity index (χ1n) is 10.1. The average Bonchev–Trinajstić information content (AvgIpc) is 2.59. The van der Waals surface area contributed by atoms with Gasteiger partial charge in [0.15, 0.2) is 17.8 Å². The van der Waals surface area contributed by atoms with Crippen LogP contribution in [0.1, 0.15) is 98.8 Å². The maximum Gasteiger partial charge on any atom is 0.344 e. The summed E-state index contributed by atoms with van der Waals surface area (Å²) in [5, 5.41) is 16.8. The van der Waals surface area contributed by atoms with Crippen molar-refractivity contribution in [2.75, 3.05) is 0 Å². The summed E-state index contributed by atoms with van der Waals surface area (Å²) in [5.74, 6) is -1.55. The van der Waals surface area contributed by atoms with E-state index in [1.165, 1.54) is 25.7 Å². The number of rotatable bonds is 14. The van der Waals surface area contributed by atoms with Crippen LogP contribution in [-0.2, 0) is 14.3 Å². The average molecular weight is 370 g/mol. The lowest BCUT2D eigenvalue weighted by Crippen LogP contribution is -2.27. The van der Waals surface area contributed by atoms with Crippen molar-refractivity contribution in [2.24, 2.45) is 0 Å². The number of unbranched alkanes of at least 4 members (excludes halogenated alkanes) is 5. The molecule has 26 heavy (non-hydrogen) atoms. The molecule has 0 aromatic carbocycles. The maximum absolute atomic E-state index is 11.9. The Bertz CT molecular complexity index is 430. The molecule has 0 heterocycles. The lowest BCUT2D eigenvalue weighted by Gasteiger charge is -2.14. The number of carboxylic acids is 1. The number of carbonyl (C=O) groups is 2. The van der Waals surface area contributed by atoms with Gasteiger partial charge < -0.3 is 9.84 Å². The Morgan fingerprint density at radius 2 is 1.62 bits per heavy atom. The van der Waals surface area contributed by atoms with E-state index in [2.05, 4.69) is 6.92 Å². The Kier molecular flexibility index (Phi) is 18.6. The molecule has 0 amide bonds. The Balaban J connectivity index is 0. The fraction of sp³-hybridized carbons (Fsp3) is 0.762. The van der Waals surface area contributed by atoms with Crippen LogP contribution in [0.15, 0.2) is 11.6 Å². The molecule has 0 spiro atoms. The lowest BCUT2D eigenvalue weighted by molar-refractivity contribution is -0.146. The summed E-state index contributed by atoms with van der Waals surface area (Å²) in [5.41, 5.74) is 1.00. The first-order valence-corrected chi connectivity index (χ1v) is 10.1. The maximum atomic E-state index is 11.9. The van der Waals surface area contributed by atoms with E-state index < -0.39 is 12.1 Å². The topological polar surface area (TPSA) is 87.5 Å². The molecule has 5 nitrogen and oxygen atoms in total. The summed E-state index contributed by atoms with van der Waals surface area (Å²) in [7, 11) is 0. The Morgan fingerprint density at radius 1 is 1.04 bits per heavy atom. The Morgan fingerprint density at radius 3 is 2.15 bits per heavy atom. The number of carboxylic acid groups (broad SMARTS) is 1. The van der Waals surface area contributed by atoms with Crippen LogP contribution in [0.5, 0.6) is 0 Å². The van der Waals surface area contributed by atoms with Crippen LogP contribution in [0, 0.1) is 5.41 Å². The zero-order valence-electron chi connectivity index (χ0n) is 17.4. The number of allylic oxidation sites excluding steroid dienone is 2. The third-order valence-electron chi connectivity index (χ3n) is 3.80. The second-order valence-electron chi connectivity index (χ2n) is 6.31. The molecule has 0 aromatic heterocycles. The minimum Gasteiger partial charge on any atom is -0.479 e. The van der Waals surface area contributed by atoms with E-state index in [9.17, 15) is 9.59 Å². The third-order valence-corrected chi connectivity index (χ3v) is 3.80. The highest BCUT2D eigenvalue weighted by Crippen LogP contribution is 2.12. The van der Waals surface area contributed by atoms with Gasteiger partial charge in [-0.05, 0) is 38.7 Å². The van der Waals surface area contributed by atoms with Gasteiger partial charge in [-0.15, -0.1) is 0 Å². The predicted molar refractivity (Wildman–Crippen MR) is 108 cm³/mol. The summed E-state index contributed by atoms with van der Waals surface area (Å²) in [4.78, 5) is 23.0. The first kappa shape index (κ1) is 26.6. The summed E-state index contributed by atoms with van der Waals surface area (Å²) < 4.78 is 5.13. The van der Waals surface area contributed by atoms with Crippen molar-refractivity contribution < 1.29 is 19.4 Å². The summed E-state index contributed by atoms with van der Waals surface area (Å²) in [6.45, 7) is 10.1. The Hall–Kier alpha value is -1.65. The zero-order chi connectivity index (χ0) is 20.4. The van der Waals surface area contributed by atoms with Gasteiger partial charge in [-0.2, -0.15) is 0 Å². The molecule has 0 fully saturated rings. The molecule has 0 aromatic rings. The van der Waals surface area contributed by atoms with E-state index >= 15 is 0 Å². The van der Waals surface area contributed by atoms with E-state index in [1.54, 1.807) is 6.08 Å². The van der Waals surface area contributed by atoms with E-state index in [1.807, 2.05) is 27.7 Å². The van der Waals surface area contributed by atoms with E-state index in [0.717, 1.165) is 31.3 Å². The summed E-state index contributed by atoms with van der Waals surface area (Å²) >= 11 is 0. The van der Waals surface area contributed by atoms with Crippen LogP contribution in [0.4, 0.5) is 0 Å². The van der Waals surface area contributed by atoms with Gasteiger partial charge >= 0.3 is 5.97 Å². The van der Waals surface area contributed by atoms with E-state index in [-0.39, 0.29) is 18.1 Å². The van der Waals surface area contributed by atoms with Crippen molar-refractivity contribution in [3.05, 3.63) is 11.6 Å². The molecule has 0 radical (unpaired) electrons. The summed E-state index contributed by atoms with van der Waals surface area (Å²) in [6, 6.07) is 0. The van der Waals surface area contributed by atoms with Gasteiger partial charge in [-0.25, -0.2) is 4.79 Å². The molecular weight excluding hydrogens is 330 g/mol. The summed E-state index contributed by atoms with van der Waals surface area (Å²) in [6.07, 6.45) is 9.10. The molecule has 0 saturated carbocycles. The number of ketones is 1. The highest BCUT2D eigenvalue weighted by Gasteiger charge is 2.20. The van der Waals surface area contributed by atoms with Crippen LogP contribution in [-0.4, -0.2) is 28.9 Å². The minimum atomic E-state index is -1.08. The van der Waals surface area contributed by atoms with E-state index in [4.69, 9.17) is 15.3 Å². The van der Waals surface area contributed by atoms with Crippen molar-refractivity contribution >= 4 is 17.7 Å². The van der Waals surface area contributed by atoms with Crippen molar-refractivity contribution in [1.82, 2.24) is 0 Å². The minimum absolute atomic E-state index is 0.178. The number of hydrogen-bond donors (Lipinski definition) is 2. The van der Waals surface area contributed by atoms with Crippen LogP contribution >= 0.6 is 0 Å². The first-order chi connectivity index (χ1) is 12.4. The molecule has 1 unspecified atom stereocenters. The molecule has 0 aliphatic carbocycles. The third kappa shape index (κ3) is 15.9. The quantitative estimate of drug-likeness (QED) is 0.172. The van der Waals surface area contributed by atoms with Crippen LogP contribution < -0.4 is 0 Å². The molecule has 0 aliphatic heterocycles.